The van der Waals surface area contributed by atoms with E-state index in [9.17, 15) is 19.2 Å². The van der Waals surface area contributed by atoms with Crippen molar-refractivity contribution in [2.45, 2.75) is 58.0 Å². The second kappa shape index (κ2) is 14.0. The van der Waals surface area contributed by atoms with Crippen LogP contribution in [-0.2, 0) is 23.9 Å². The number of hydrogen-bond donors (Lipinski definition) is 2. The normalized spacial score (nSPS) is 13.3. The predicted molar refractivity (Wildman–Crippen MR) is 144 cm³/mol. The summed E-state index contributed by atoms with van der Waals surface area (Å²) in [4.78, 5) is 52.8. The smallest absolute Gasteiger partial charge is 0.407 e. The molecule has 3 rings (SSSR count). The summed E-state index contributed by atoms with van der Waals surface area (Å²) >= 11 is 0. The molecule has 0 spiro atoms. The zero-order valence-electron chi connectivity index (χ0n) is 22.4. The van der Waals surface area contributed by atoms with Crippen LogP contribution in [0, 0.1) is 5.92 Å². The fourth-order valence-electron chi connectivity index (χ4n) is 4.66. The molecule has 0 radical (unpaired) electrons. The van der Waals surface area contributed by atoms with Gasteiger partial charge in [-0.2, -0.15) is 4.79 Å². The highest BCUT2D eigenvalue weighted by Gasteiger charge is 2.31. The topological polar surface area (TPSA) is 147 Å². The standard InChI is InChI=1S/C29H34N4O6/c1-4-38-28(36)25(14-13-19(34)16-31-30)32-27(35)26(15-18(2)3)33-29(37)39-17-24-22-11-7-5-9-20(22)21-10-6-8-12-23(21)24/h5-12,16,18,24-26H,4,13-15,17H2,1-3H3,(H,32,35)(H,33,37). The van der Waals surface area contributed by atoms with E-state index >= 15 is 0 Å². The van der Waals surface area contributed by atoms with Crippen molar-refractivity contribution in [1.29, 1.82) is 0 Å². The van der Waals surface area contributed by atoms with Gasteiger partial charge in [0.25, 0.3) is 0 Å². The van der Waals surface area contributed by atoms with E-state index in [1.54, 1.807) is 6.92 Å². The highest BCUT2D eigenvalue weighted by Crippen LogP contribution is 2.44. The van der Waals surface area contributed by atoms with E-state index < -0.39 is 35.8 Å². The summed E-state index contributed by atoms with van der Waals surface area (Å²) in [7, 11) is 0. The van der Waals surface area contributed by atoms with Gasteiger partial charge in [0.1, 0.15) is 18.7 Å². The monoisotopic (exact) mass is 534 g/mol. The lowest BCUT2D eigenvalue weighted by atomic mass is 9.98. The first-order chi connectivity index (χ1) is 18.7. The van der Waals surface area contributed by atoms with E-state index in [1.807, 2.05) is 62.4 Å². The van der Waals surface area contributed by atoms with Crippen molar-refractivity contribution in [1.82, 2.24) is 10.6 Å². The van der Waals surface area contributed by atoms with Crippen molar-refractivity contribution in [3.8, 4) is 11.1 Å². The number of fused-ring (bicyclic) bond motifs is 3. The quantitative estimate of drug-likeness (QED) is 0.174. The van der Waals surface area contributed by atoms with Gasteiger partial charge in [0.2, 0.25) is 11.7 Å². The molecule has 0 bridgehead atoms. The molecule has 2 atom stereocenters. The van der Waals surface area contributed by atoms with Crippen LogP contribution in [0.5, 0.6) is 0 Å². The molecule has 2 N–H and O–H groups in total. The molecule has 10 nitrogen and oxygen atoms in total. The van der Waals surface area contributed by atoms with Gasteiger partial charge in [0.05, 0.1) is 6.61 Å². The Morgan fingerprint density at radius 3 is 2.13 bits per heavy atom. The molecule has 1 aliphatic rings. The number of Topliss-reactive ketones (excluding diaryl/α,β-unsaturated/α-hetero) is 1. The van der Waals surface area contributed by atoms with E-state index in [0.717, 1.165) is 28.5 Å². The van der Waals surface area contributed by atoms with E-state index in [2.05, 4.69) is 15.4 Å². The third-order valence-electron chi connectivity index (χ3n) is 6.43. The van der Waals surface area contributed by atoms with Gasteiger partial charge in [-0.1, -0.05) is 62.4 Å². The fourth-order valence-corrected chi connectivity index (χ4v) is 4.66. The third kappa shape index (κ3) is 7.85. The number of ketones is 1. The van der Waals surface area contributed by atoms with Crippen LogP contribution in [0.1, 0.15) is 57.1 Å². The Morgan fingerprint density at radius 1 is 0.949 bits per heavy atom. The van der Waals surface area contributed by atoms with Gasteiger partial charge in [-0.15, -0.1) is 0 Å². The summed E-state index contributed by atoms with van der Waals surface area (Å²) in [6.07, 6.45) is 0.0585. The largest absolute Gasteiger partial charge is 0.464 e. The number of ether oxygens (including phenoxy) is 2. The van der Waals surface area contributed by atoms with Crippen LogP contribution in [0.2, 0.25) is 0 Å². The van der Waals surface area contributed by atoms with Gasteiger partial charge >= 0.3 is 18.3 Å². The van der Waals surface area contributed by atoms with Gasteiger partial charge in [-0.3, -0.25) is 9.59 Å². The minimum Gasteiger partial charge on any atom is -0.464 e. The van der Waals surface area contributed by atoms with Crippen molar-refractivity contribution < 1.29 is 33.4 Å². The predicted octanol–water partition coefficient (Wildman–Crippen LogP) is 3.64. The Balaban J connectivity index is 1.67. The lowest BCUT2D eigenvalue weighted by Gasteiger charge is -2.23. The Hall–Kier alpha value is -4.30. The Morgan fingerprint density at radius 2 is 1.56 bits per heavy atom. The maximum Gasteiger partial charge on any atom is 0.407 e. The maximum absolute atomic E-state index is 13.2. The van der Waals surface area contributed by atoms with Crippen molar-refractivity contribution in [2.24, 2.45) is 5.92 Å². The molecule has 2 amide bonds. The molecular weight excluding hydrogens is 500 g/mol. The third-order valence-corrected chi connectivity index (χ3v) is 6.43. The minimum absolute atomic E-state index is 0.0398. The summed E-state index contributed by atoms with van der Waals surface area (Å²) in [5.74, 6) is -1.91. The Kier molecular flexibility index (Phi) is 10.5. The summed E-state index contributed by atoms with van der Waals surface area (Å²) in [6.45, 7) is 5.60. The van der Waals surface area contributed by atoms with Crippen molar-refractivity contribution in [3.05, 3.63) is 65.2 Å². The van der Waals surface area contributed by atoms with Crippen LogP contribution in [0.25, 0.3) is 16.7 Å². The van der Waals surface area contributed by atoms with Crippen LogP contribution in [-0.4, -0.2) is 60.1 Å². The highest BCUT2D eigenvalue weighted by atomic mass is 16.5. The van der Waals surface area contributed by atoms with Crippen LogP contribution in [0.3, 0.4) is 0 Å². The summed E-state index contributed by atoms with van der Waals surface area (Å²) in [5.41, 5.74) is 12.9. The first-order valence-electron chi connectivity index (χ1n) is 13.0. The van der Waals surface area contributed by atoms with Gasteiger partial charge in [0, 0.05) is 12.3 Å². The molecular formula is C29H34N4O6. The number of esters is 1. The van der Waals surface area contributed by atoms with E-state index in [4.69, 9.17) is 15.0 Å². The zero-order valence-corrected chi connectivity index (χ0v) is 22.4. The summed E-state index contributed by atoms with van der Waals surface area (Å²) in [6, 6.07) is 13.9. The van der Waals surface area contributed by atoms with Crippen LogP contribution >= 0.6 is 0 Å². The second-order valence-electron chi connectivity index (χ2n) is 9.71. The molecule has 206 valence electrons. The van der Waals surface area contributed by atoms with E-state index in [-0.39, 0.29) is 37.9 Å². The molecule has 0 saturated carbocycles. The van der Waals surface area contributed by atoms with Gasteiger partial charge in [0.15, 0.2) is 0 Å². The van der Waals surface area contributed by atoms with Crippen LogP contribution in [0.4, 0.5) is 4.79 Å². The number of carbonyl (C=O) groups is 4. The lowest BCUT2D eigenvalue weighted by Crippen LogP contribution is -2.52. The number of benzene rings is 2. The molecule has 2 aromatic carbocycles. The molecule has 2 aromatic rings. The Bertz CT molecular complexity index is 1210. The molecule has 39 heavy (non-hydrogen) atoms. The SMILES string of the molecule is CCOC(=O)C(CCC(=O)C=[N+]=[N-])NC(=O)C(CC(C)C)NC(=O)OCC1c2ccccc2-c2ccccc21. The fraction of sp³-hybridized carbons (Fsp3) is 0.414. The van der Waals surface area contributed by atoms with Crippen molar-refractivity contribution in [3.63, 3.8) is 0 Å². The molecule has 0 fully saturated rings. The number of carbonyl (C=O) groups excluding carboxylic acids is 4. The maximum atomic E-state index is 13.2. The van der Waals surface area contributed by atoms with Crippen LogP contribution in [0.15, 0.2) is 48.5 Å². The first kappa shape index (κ1) is 29.3. The average Bonchev–Trinajstić information content (AvgIpc) is 3.23. The molecule has 0 aromatic heterocycles. The molecule has 0 saturated heterocycles. The first-order valence-corrected chi connectivity index (χ1v) is 13.0. The van der Waals surface area contributed by atoms with Gasteiger partial charge in [-0.25, -0.2) is 9.59 Å². The number of amides is 2. The second-order valence-corrected chi connectivity index (χ2v) is 9.71. The molecule has 1 aliphatic carbocycles. The summed E-state index contributed by atoms with van der Waals surface area (Å²) in [5, 5.41) is 5.23. The number of hydrogen-bond acceptors (Lipinski definition) is 6. The van der Waals surface area contributed by atoms with Crippen LogP contribution < -0.4 is 10.6 Å². The van der Waals surface area contributed by atoms with E-state index in [1.165, 1.54) is 0 Å². The van der Waals surface area contributed by atoms with Crippen molar-refractivity contribution >= 4 is 30.0 Å². The Labute approximate surface area is 227 Å². The molecule has 0 aliphatic heterocycles. The lowest BCUT2D eigenvalue weighted by molar-refractivity contribution is -0.148. The van der Waals surface area contributed by atoms with Gasteiger partial charge in [-0.05, 0) is 47.9 Å². The average molecular weight is 535 g/mol. The van der Waals surface area contributed by atoms with Crippen molar-refractivity contribution in [2.75, 3.05) is 13.2 Å². The van der Waals surface area contributed by atoms with E-state index in [0.29, 0.717) is 6.42 Å². The summed E-state index contributed by atoms with van der Waals surface area (Å²) < 4.78 is 10.6. The number of rotatable bonds is 13. The number of alkyl carbamates (subject to hydrolysis) is 1. The minimum atomic E-state index is -1.12. The molecule has 2 unspecified atom stereocenters. The molecule has 0 heterocycles. The molecule has 10 heteroatoms. The highest BCUT2D eigenvalue weighted by molar-refractivity contribution is 6.25. The number of nitrogens with one attached hydrogen (secondary N) is 2. The zero-order chi connectivity index (χ0) is 28.4. The number of nitrogens with zero attached hydrogens (tertiary/aromatic N) is 2. The van der Waals surface area contributed by atoms with Gasteiger partial charge < -0.3 is 25.6 Å².